The number of ketones is 1. The molecule has 0 radical (unpaired) electrons. The van der Waals surface area contributed by atoms with Crippen molar-refractivity contribution in [2.45, 2.75) is 38.7 Å². The van der Waals surface area contributed by atoms with Gasteiger partial charge in [-0.1, -0.05) is 47.3 Å². The molecule has 98 valence electrons. The lowest BCUT2D eigenvalue weighted by Gasteiger charge is -2.20. The minimum absolute atomic E-state index is 0.253. The van der Waals surface area contributed by atoms with Crippen LogP contribution in [0, 0.1) is 5.92 Å². The van der Waals surface area contributed by atoms with Crippen molar-refractivity contribution in [2.75, 3.05) is 6.61 Å². The average molecular weight is 311 g/mol. The van der Waals surface area contributed by atoms with E-state index in [1.165, 1.54) is 19.3 Å². The number of halogens is 1. The number of ether oxygens (including phenoxy) is 1. The average Bonchev–Trinajstić information content (AvgIpc) is 2.42. The Labute approximate surface area is 117 Å². The fourth-order valence-electron chi connectivity index (χ4n) is 2.39. The van der Waals surface area contributed by atoms with Crippen LogP contribution in [-0.2, 0) is 16.1 Å². The van der Waals surface area contributed by atoms with Crippen LogP contribution in [0.1, 0.15) is 37.7 Å². The Bertz CT molecular complexity index is 380. The van der Waals surface area contributed by atoms with Crippen LogP contribution in [0.15, 0.2) is 28.7 Å². The summed E-state index contributed by atoms with van der Waals surface area (Å²) in [6.45, 7) is 0.784. The Balaban J connectivity index is 1.71. The van der Waals surface area contributed by atoms with Crippen molar-refractivity contribution in [1.82, 2.24) is 0 Å². The normalized spacial score (nSPS) is 16.7. The van der Waals surface area contributed by atoms with Crippen LogP contribution in [0.3, 0.4) is 0 Å². The predicted octanol–water partition coefficient (Wildman–Crippen LogP) is 4.12. The first kappa shape index (κ1) is 13.8. The van der Waals surface area contributed by atoms with Crippen molar-refractivity contribution in [3.8, 4) is 0 Å². The van der Waals surface area contributed by atoms with Gasteiger partial charge in [-0.2, -0.15) is 0 Å². The Morgan fingerprint density at radius 3 is 2.50 bits per heavy atom. The molecule has 2 rings (SSSR count). The largest absolute Gasteiger partial charge is 0.369 e. The summed E-state index contributed by atoms with van der Waals surface area (Å²) in [7, 11) is 0. The third-order valence-electron chi connectivity index (χ3n) is 3.49. The maximum Gasteiger partial charge on any atom is 0.161 e. The molecule has 18 heavy (non-hydrogen) atoms. The maximum absolute atomic E-state index is 11.9. The van der Waals surface area contributed by atoms with Gasteiger partial charge >= 0.3 is 0 Å². The molecule has 0 spiro atoms. The van der Waals surface area contributed by atoms with Gasteiger partial charge < -0.3 is 4.74 Å². The first-order valence-electron chi connectivity index (χ1n) is 6.60. The molecule has 0 aromatic heterocycles. The number of hydrogen-bond acceptors (Lipinski definition) is 2. The molecule has 1 fully saturated rings. The van der Waals surface area contributed by atoms with Crippen molar-refractivity contribution in [3.05, 3.63) is 34.3 Å². The van der Waals surface area contributed by atoms with E-state index >= 15 is 0 Å². The smallest absolute Gasteiger partial charge is 0.161 e. The van der Waals surface area contributed by atoms with Crippen molar-refractivity contribution in [2.24, 2.45) is 5.92 Å². The lowest BCUT2D eigenvalue weighted by atomic mass is 9.86. The maximum atomic E-state index is 11.9. The second-order valence-electron chi connectivity index (χ2n) is 4.92. The summed E-state index contributed by atoms with van der Waals surface area (Å²) in [5.74, 6) is 0.537. The molecule has 1 aromatic rings. The molecule has 0 amide bonds. The number of Topliss-reactive ketones (excluding diaryl/α,β-unsaturated/α-hetero) is 1. The Morgan fingerprint density at radius 2 is 1.83 bits per heavy atom. The van der Waals surface area contributed by atoms with Gasteiger partial charge in [-0.15, -0.1) is 0 Å². The summed E-state index contributed by atoms with van der Waals surface area (Å²) < 4.78 is 6.57. The van der Waals surface area contributed by atoms with E-state index in [9.17, 15) is 4.79 Å². The van der Waals surface area contributed by atoms with Gasteiger partial charge in [0, 0.05) is 10.4 Å². The molecule has 0 saturated heterocycles. The van der Waals surface area contributed by atoms with E-state index in [2.05, 4.69) is 15.9 Å². The number of hydrogen-bond donors (Lipinski definition) is 0. The molecular weight excluding hydrogens is 292 g/mol. The fraction of sp³-hybridized carbons (Fsp3) is 0.533. The SMILES string of the molecule is O=C(COCc1ccc(Br)cc1)C1CCCCC1. The zero-order chi connectivity index (χ0) is 12.8. The Hall–Kier alpha value is -0.670. The minimum atomic E-state index is 0.253. The summed E-state index contributed by atoms with van der Waals surface area (Å²) in [5.41, 5.74) is 1.11. The Morgan fingerprint density at radius 1 is 1.17 bits per heavy atom. The van der Waals surface area contributed by atoms with E-state index in [4.69, 9.17) is 4.74 Å². The van der Waals surface area contributed by atoms with Gasteiger partial charge in [0.25, 0.3) is 0 Å². The topological polar surface area (TPSA) is 26.3 Å². The Kier molecular flexibility index (Phi) is 5.39. The molecule has 3 heteroatoms. The third-order valence-corrected chi connectivity index (χ3v) is 4.02. The summed E-state index contributed by atoms with van der Waals surface area (Å²) >= 11 is 3.39. The molecule has 0 bridgehead atoms. The first-order chi connectivity index (χ1) is 8.75. The van der Waals surface area contributed by atoms with Crippen LogP contribution in [0.5, 0.6) is 0 Å². The summed E-state index contributed by atoms with van der Waals surface area (Å²) in [6, 6.07) is 7.99. The van der Waals surface area contributed by atoms with Crippen LogP contribution >= 0.6 is 15.9 Å². The zero-order valence-corrected chi connectivity index (χ0v) is 12.1. The second kappa shape index (κ2) is 7.05. The number of carbonyl (C=O) groups excluding carboxylic acids is 1. The van der Waals surface area contributed by atoms with Gasteiger partial charge in [0.15, 0.2) is 5.78 Å². The molecule has 0 unspecified atom stereocenters. The number of carbonyl (C=O) groups is 1. The van der Waals surface area contributed by atoms with Crippen molar-refractivity contribution >= 4 is 21.7 Å². The van der Waals surface area contributed by atoms with E-state index in [1.54, 1.807) is 0 Å². The molecule has 1 aliphatic rings. The highest BCUT2D eigenvalue weighted by molar-refractivity contribution is 9.10. The number of rotatable bonds is 5. The zero-order valence-electron chi connectivity index (χ0n) is 10.5. The van der Waals surface area contributed by atoms with Gasteiger partial charge in [0.1, 0.15) is 6.61 Å². The molecule has 1 saturated carbocycles. The lowest BCUT2D eigenvalue weighted by molar-refractivity contribution is -0.128. The summed E-state index contributed by atoms with van der Waals surface area (Å²) in [6.07, 6.45) is 5.79. The minimum Gasteiger partial charge on any atom is -0.369 e. The van der Waals surface area contributed by atoms with E-state index in [1.807, 2.05) is 24.3 Å². The predicted molar refractivity (Wildman–Crippen MR) is 75.4 cm³/mol. The summed E-state index contributed by atoms with van der Waals surface area (Å²) in [5, 5.41) is 0. The number of benzene rings is 1. The highest BCUT2D eigenvalue weighted by atomic mass is 79.9. The van der Waals surface area contributed by atoms with Crippen LogP contribution in [0.25, 0.3) is 0 Å². The van der Waals surface area contributed by atoms with Crippen molar-refractivity contribution in [3.63, 3.8) is 0 Å². The highest BCUT2D eigenvalue weighted by Crippen LogP contribution is 2.24. The quantitative estimate of drug-likeness (QED) is 0.818. The van der Waals surface area contributed by atoms with E-state index < -0.39 is 0 Å². The van der Waals surface area contributed by atoms with Crippen molar-refractivity contribution in [1.29, 1.82) is 0 Å². The van der Waals surface area contributed by atoms with E-state index in [-0.39, 0.29) is 18.3 Å². The molecule has 1 aromatic carbocycles. The van der Waals surface area contributed by atoms with Gasteiger partial charge in [0.05, 0.1) is 6.61 Å². The van der Waals surface area contributed by atoms with E-state index in [0.29, 0.717) is 6.61 Å². The first-order valence-corrected chi connectivity index (χ1v) is 7.40. The van der Waals surface area contributed by atoms with Gasteiger partial charge in [-0.25, -0.2) is 0 Å². The van der Waals surface area contributed by atoms with Crippen LogP contribution < -0.4 is 0 Å². The molecule has 2 nitrogen and oxygen atoms in total. The van der Waals surface area contributed by atoms with Crippen molar-refractivity contribution < 1.29 is 9.53 Å². The molecular formula is C15H19BrO2. The van der Waals surface area contributed by atoms with Crippen LogP contribution in [0.4, 0.5) is 0 Å². The molecule has 1 aliphatic carbocycles. The van der Waals surface area contributed by atoms with Crippen LogP contribution in [0.2, 0.25) is 0 Å². The molecule has 0 aliphatic heterocycles. The standard InChI is InChI=1S/C15H19BrO2/c16-14-8-6-12(7-9-14)10-18-11-15(17)13-4-2-1-3-5-13/h6-9,13H,1-5,10-11H2. The fourth-order valence-corrected chi connectivity index (χ4v) is 2.66. The summed E-state index contributed by atoms with van der Waals surface area (Å²) in [4.78, 5) is 11.9. The third kappa shape index (κ3) is 4.21. The monoisotopic (exact) mass is 310 g/mol. The van der Waals surface area contributed by atoms with Crippen LogP contribution in [-0.4, -0.2) is 12.4 Å². The molecule has 0 N–H and O–H groups in total. The molecule has 0 atom stereocenters. The van der Waals surface area contributed by atoms with Gasteiger partial charge in [0.2, 0.25) is 0 Å². The van der Waals surface area contributed by atoms with E-state index in [0.717, 1.165) is 22.9 Å². The van der Waals surface area contributed by atoms with Gasteiger partial charge in [-0.05, 0) is 30.5 Å². The second-order valence-corrected chi connectivity index (χ2v) is 5.84. The molecule has 0 heterocycles. The highest BCUT2D eigenvalue weighted by Gasteiger charge is 2.20. The lowest BCUT2D eigenvalue weighted by Crippen LogP contribution is -2.22. The van der Waals surface area contributed by atoms with Gasteiger partial charge in [-0.3, -0.25) is 4.79 Å².